The second-order valence-electron chi connectivity index (χ2n) is 12.2. The lowest BCUT2D eigenvalue weighted by Gasteiger charge is -2.43. The highest BCUT2D eigenvalue weighted by molar-refractivity contribution is 9.10. The molecule has 8 rings (SSSR count). The quantitative estimate of drug-likeness (QED) is 0.369. The number of likely N-dealkylation sites (tertiary alicyclic amines) is 1. The van der Waals surface area contributed by atoms with E-state index in [1.807, 2.05) is 53.4 Å². The number of aromatic amines is 1. The summed E-state index contributed by atoms with van der Waals surface area (Å²) in [6.07, 6.45) is 3.99. The molecule has 3 aliphatic heterocycles. The maximum Gasteiger partial charge on any atom is 0.305 e. The van der Waals surface area contributed by atoms with E-state index in [-0.39, 0.29) is 70.0 Å². The fraction of sp³-hybridized carbons (Fsp3) is 0.438. The summed E-state index contributed by atoms with van der Waals surface area (Å²) in [4.78, 5) is 60.7. The lowest BCUT2D eigenvalue weighted by molar-refractivity contribution is -0.134. The van der Waals surface area contributed by atoms with Gasteiger partial charge >= 0.3 is 4.87 Å². The van der Waals surface area contributed by atoms with E-state index in [1.165, 1.54) is 16.2 Å². The van der Waals surface area contributed by atoms with Gasteiger partial charge in [-0.2, -0.15) is 0 Å². The minimum Gasteiger partial charge on any atom is -0.483 e. The van der Waals surface area contributed by atoms with Crippen LogP contribution in [0.1, 0.15) is 42.0 Å². The number of nitrogens with zero attached hydrogens (tertiary/aromatic N) is 2. The van der Waals surface area contributed by atoms with Crippen molar-refractivity contribution >= 4 is 62.4 Å². The number of benzene rings is 2. The molecular formula is C32H30BrN3O5S2. The molecule has 2 aromatic carbocycles. The van der Waals surface area contributed by atoms with Crippen LogP contribution in [0.5, 0.6) is 5.75 Å². The number of carbonyl (C=O) groups excluding carboxylic acids is 3. The van der Waals surface area contributed by atoms with Crippen molar-refractivity contribution in [2.75, 3.05) is 24.6 Å². The number of ether oxygens (including phenoxy) is 1. The van der Waals surface area contributed by atoms with Gasteiger partial charge in [0.2, 0.25) is 11.8 Å². The number of nitrogens with one attached hydrogen (secondary N) is 1. The molecular weight excluding hydrogens is 650 g/mol. The Labute approximate surface area is 265 Å². The van der Waals surface area contributed by atoms with Gasteiger partial charge in [-0.05, 0) is 73.8 Å². The van der Waals surface area contributed by atoms with E-state index in [9.17, 15) is 19.2 Å². The Bertz CT molecular complexity index is 1690. The smallest absolute Gasteiger partial charge is 0.305 e. The molecule has 3 amide bonds. The molecule has 222 valence electrons. The number of halogens is 1. The highest BCUT2D eigenvalue weighted by atomic mass is 79.9. The van der Waals surface area contributed by atoms with E-state index in [2.05, 4.69) is 20.9 Å². The molecule has 5 aliphatic rings. The normalized spacial score (nSPS) is 30.8. The number of aromatic nitrogens is 1. The molecule has 1 N–H and O–H groups in total. The first-order valence-corrected chi connectivity index (χ1v) is 17.4. The maximum atomic E-state index is 14.0. The number of amides is 3. The molecule has 2 saturated carbocycles. The second kappa shape index (κ2) is 10.6. The van der Waals surface area contributed by atoms with Crippen LogP contribution in [0.15, 0.2) is 62.8 Å². The summed E-state index contributed by atoms with van der Waals surface area (Å²) in [7, 11) is 0. The average molecular weight is 681 g/mol. The number of hydrogen-bond acceptors (Lipinski definition) is 7. The minimum absolute atomic E-state index is 0.00479. The van der Waals surface area contributed by atoms with Crippen molar-refractivity contribution in [1.82, 2.24) is 9.88 Å². The fourth-order valence-electron chi connectivity index (χ4n) is 8.46. The molecule has 1 aromatic heterocycles. The average Bonchev–Trinajstić information content (AvgIpc) is 3.76. The number of imide groups is 1. The van der Waals surface area contributed by atoms with Crippen LogP contribution < -0.4 is 14.5 Å². The molecule has 11 heteroatoms. The first-order valence-electron chi connectivity index (χ1n) is 14.9. The number of rotatable bonds is 5. The van der Waals surface area contributed by atoms with E-state index >= 15 is 0 Å². The van der Waals surface area contributed by atoms with Gasteiger partial charge in [-0.3, -0.25) is 24.1 Å². The van der Waals surface area contributed by atoms with Gasteiger partial charge in [-0.15, -0.1) is 11.8 Å². The monoisotopic (exact) mass is 679 g/mol. The number of piperidine rings is 1. The van der Waals surface area contributed by atoms with Crippen molar-refractivity contribution in [2.45, 2.75) is 41.9 Å². The fourth-order valence-corrected chi connectivity index (χ4v) is 11.7. The Hall–Kier alpha value is -2.89. The van der Waals surface area contributed by atoms with Crippen LogP contribution in [0.3, 0.4) is 0 Å². The Morgan fingerprint density at radius 3 is 2.49 bits per heavy atom. The van der Waals surface area contributed by atoms with E-state index in [0.717, 1.165) is 58.7 Å². The van der Waals surface area contributed by atoms with Crippen LogP contribution in [0, 0.1) is 29.6 Å². The zero-order valence-corrected chi connectivity index (χ0v) is 26.5. The second-order valence-corrected chi connectivity index (χ2v) is 15.3. The Kier molecular flexibility index (Phi) is 6.83. The highest BCUT2D eigenvalue weighted by Crippen LogP contribution is 2.69. The number of thiazole rings is 1. The molecule has 2 aliphatic carbocycles. The third-order valence-electron chi connectivity index (χ3n) is 10.1. The van der Waals surface area contributed by atoms with E-state index < -0.39 is 0 Å². The summed E-state index contributed by atoms with van der Waals surface area (Å²) < 4.78 is 7.15. The Morgan fingerprint density at radius 1 is 0.977 bits per heavy atom. The summed E-state index contributed by atoms with van der Waals surface area (Å²) in [6.45, 7) is 1.48. The van der Waals surface area contributed by atoms with Gasteiger partial charge < -0.3 is 14.6 Å². The number of fused-ring (bicyclic) bond motifs is 9. The summed E-state index contributed by atoms with van der Waals surface area (Å²) in [5.41, 5.74) is 1.54. The predicted molar refractivity (Wildman–Crippen MR) is 167 cm³/mol. The van der Waals surface area contributed by atoms with E-state index in [0.29, 0.717) is 11.4 Å². The van der Waals surface area contributed by atoms with Gasteiger partial charge in [-0.25, -0.2) is 0 Å². The Balaban J connectivity index is 1.17. The number of thioether (sulfide) groups is 1. The zero-order chi connectivity index (χ0) is 29.4. The molecule has 0 radical (unpaired) electrons. The number of carbonyl (C=O) groups is 3. The lowest BCUT2D eigenvalue weighted by Crippen LogP contribution is -2.43. The molecule has 4 fully saturated rings. The van der Waals surface area contributed by atoms with Crippen molar-refractivity contribution in [3.05, 3.63) is 73.1 Å². The first-order chi connectivity index (χ1) is 20.9. The molecule has 8 nitrogen and oxygen atoms in total. The van der Waals surface area contributed by atoms with Gasteiger partial charge in [0.1, 0.15) is 5.75 Å². The molecule has 7 atom stereocenters. The summed E-state index contributed by atoms with van der Waals surface area (Å²) in [6, 6.07) is 15.1. The first kappa shape index (κ1) is 27.6. The van der Waals surface area contributed by atoms with Crippen LogP contribution in [-0.2, 0) is 14.4 Å². The van der Waals surface area contributed by atoms with Crippen molar-refractivity contribution in [2.24, 2.45) is 29.6 Å². The molecule has 2 bridgehead atoms. The van der Waals surface area contributed by atoms with Gasteiger partial charge in [0, 0.05) is 39.2 Å². The Morgan fingerprint density at radius 2 is 1.72 bits per heavy atom. The lowest BCUT2D eigenvalue weighted by atomic mass is 9.68. The molecule has 4 unspecified atom stereocenters. The highest BCUT2D eigenvalue weighted by Gasteiger charge is 2.69. The van der Waals surface area contributed by atoms with E-state index in [4.69, 9.17) is 4.74 Å². The van der Waals surface area contributed by atoms with Crippen molar-refractivity contribution in [3.8, 4) is 5.75 Å². The summed E-state index contributed by atoms with van der Waals surface area (Å²) in [5.74, 6) is -0.466. The van der Waals surface area contributed by atoms with Crippen molar-refractivity contribution < 1.29 is 19.1 Å². The number of H-pyrrole nitrogens is 1. The van der Waals surface area contributed by atoms with Crippen LogP contribution in [0.25, 0.3) is 0 Å². The predicted octanol–water partition coefficient (Wildman–Crippen LogP) is 5.27. The minimum atomic E-state index is -0.378. The van der Waals surface area contributed by atoms with Crippen LogP contribution in [0.4, 0.5) is 5.69 Å². The summed E-state index contributed by atoms with van der Waals surface area (Å²) >= 11 is 6.53. The van der Waals surface area contributed by atoms with Crippen molar-refractivity contribution in [1.29, 1.82) is 0 Å². The number of anilines is 1. The van der Waals surface area contributed by atoms with Gasteiger partial charge in [0.25, 0.3) is 5.91 Å². The standard InChI is InChI=1S/C32H30BrN3O5S2/c33-16-9-10-21(41-15-22(37)35-11-5-2-6-12-35)18(13-16)23-24-19-14-20(27(24)42-29-28(23)43-32(40)34-29)26-25(19)30(38)36(31(26)39)17-7-3-1-4-8-17/h1,3-4,7-10,13,19-20,23-27H,2,5-6,11-12,14-15H2,(H,34,40)/t19-,20-,23-,24?,25?,26?,27?/m1/s1. The third-order valence-corrected chi connectivity index (χ3v) is 13.2. The molecule has 43 heavy (non-hydrogen) atoms. The third kappa shape index (κ3) is 4.36. The topological polar surface area (TPSA) is 99.8 Å². The largest absolute Gasteiger partial charge is 0.483 e. The van der Waals surface area contributed by atoms with Gasteiger partial charge in [0.05, 0.1) is 22.5 Å². The maximum absolute atomic E-state index is 14.0. The van der Waals surface area contributed by atoms with Gasteiger partial charge in [-0.1, -0.05) is 45.5 Å². The molecule has 2 saturated heterocycles. The molecule has 4 heterocycles. The van der Waals surface area contributed by atoms with Crippen LogP contribution in [0.2, 0.25) is 0 Å². The van der Waals surface area contributed by atoms with Crippen molar-refractivity contribution in [3.63, 3.8) is 0 Å². The van der Waals surface area contributed by atoms with Crippen LogP contribution in [-0.4, -0.2) is 52.6 Å². The number of hydrogen-bond donors (Lipinski definition) is 1. The zero-order valence-electron chi connectivity index (χ0n) is 23.2. The SMILES string of the molecule is O=C(COc1ccc(Br)cc1[C@H]1c2sc(=O)[nH]c2SC2C1[C@H]1C[C@@H]2C2C(=O)N(c3ccccc3)C(=O)C21)N1CCCCC1. The molecule has 3 aromatic rings. The van der Waals surface area contributed by atoms with Gasteiger partial charge in [0.15, 0.2) is 6.61 Å². The van der Waals surface area contributed by atoms with E-state index in [1.54, 1.807) is 11.8 Å². The number of para-hydroxylation sites is 1. The molecule has 0 spiro atoms. The van der Waals surface area contributed by atoms with Crippen LogP contribution >= 0.6 is 39.0 Å². The summed E-state index contributed by atoms with van der Waals surface area (Å²) in [5, 5.41) is 0.917.